The molecule has 1 heterocycles. The third-order valence-corrected chi connectivity index (χ3v) is 4.56. The number of nitrogens with one attached hydrogen (secondary N) is 1. The van der Waals surface area contributed by atoms with Crippen LogP contribution in [0.2, 0.25) is 0 Å². The van der Waals surface area contributed by atoms with Gasteiger partial charge in [-0.05, 0) is 20.3 Å². The maximum Gasteiger partial charge on any atom is 0.239 e. The molecule has 1 atom stereocenters. The quantitative estimate of drug-likeness (QED) is 0.743. The van der Waals surface area contributed by atoms with Gasteiger partial charge in [0, 0.05) is 13.1 Å². The summed E-state index contributed by atoms with van der Waals surface area (Å²) in [5.41, 5.74) is 0. The zero-order chi connectivity index (χ0) is 13.9. The standard InChI is InChI=1S/C11H20N2O4S/c1-8(2)12-10(14)6-13(3)11(15)9-4-5-18(16,17)7-9/h8-9H,4-7H2,1-3H3,(H,12,14)/t9-/m1/s1. The fourth-order valence-electron chi connectivity index (χ4n) is 1.96. The highest BCUT2D eigenvalue weighted by Crippen LogP contribution is 2.20. The van der Waals surface area contributed by atoms with Crippen molar-refractivity contribution in [1.82, 2.24) is 10.2 Å². The van der Waals surface area contributed by atoms with Crippen LogP contribution in [0.25, 0.3) is 0 Å². The SMILES string of the molecule is CC(C)NC(=O)CN(C)C(=O)[C@@H]1CCS(=O)(=O)C1. The molecule has 104 valence electrons. The molecular formula is C11H20N2O4S. The third kappa shape index (κ3) is 4.29. The Morgan fingerprint density at radius 1 is 1.39 bits per heavy atom. The normalized spacial score (nSPS) is 21.9. The molecule has 1 rings (SSSR count). The summed E-state index contributed by atoms with van der Waals surface area (Å²) in [4.78, 5) is 24.7. The second-order valence-electron chi connectivity index (χ2n) is 5.02. The minimum Gasteiger partial charge on any atom is -0.352 e. The number of amides is 2. The average Bonchev–Trinajstić information content (AvgIpc) is 2.56. The summed E-state index contributed by atoms with van der Waals surface area (Å²) >= 11 is 0. The molecule has 1 aliphatic rings. The molecule has 1 saturated heterocycles. The summed E-state index contributed by atoms with van der Waals surface area (Å²) in [5.74, 6) is -1.03. The van der Waals surface area contributed by atoms with Crippen LogP contribution < -0.4 is 5.32 Å². The Labute approximate surface area is 108 Å². The summed E-state index contributed by atoms with van der Waals surface area (Å²) in [6.07, 6.45) is 0.358. The Bertz CT molecular complexity index is 430. The van der Waals surface area contributed by atoms with E-state index in [1.807, 2.05) is 13.8 Å². The number of sulfone groups is 1. The van der Waals surface area contributed by atoms with E-state index in [1.165, 1.54) is 11.9 Å². The van der Waals surface area contributed by atoms with E-state index in [-0.39, 0.29) is 35.9 Å². The van der Waals surface area contributed by atoms with Crippen molar-refractivity contribution in [3.05, 3.63) is 0 Å². The van der Waals surface area contributed by atoms with Crippen LogP contribution >= 0.6 is 0 Å². The fraction of sp³-hybridized carbons (Fsp3) is 0.818. The third-order valence-electron chi connectivity index (χ3n) is 2.79. The van der Waals surface area contributed by atoms with E-state index in [0.717, 1.165) is 0 Å². The van der Waals surface area contributed by atoms with Crippen LogP contribution in [-0.4, -0.2) is 56.3 Å². The Morgan fingerprint density at radius 2 is 2.00 bits per heavy atom. The molecule has 0 radical (unpaired) electrons. The molecule has 0 aromatic carbocycles. The van der Waals surface area contributed by atoms with Gasteiger partial charge in [-0.25, -0.2) is 8.42 Å². The van der Waals surface area contributed by atoms with Crippen molar-refractivity contribution < 1.29 is 18.0 Å². The van der Waals surface area contributed by atoms with Crippen molar-refractivity contribution in [3.63, 3.8) is 0 Å². The number of rotatable bonds is 4. The van der Waals surface area contributed by atoms with Gasteiger partial charge in [0.15, 0.2) is 9.84 Å². The number of hydrogen-bond donors (Lipinski definition) is 1. The van der Waals surface area contributed by atoms with E-state index in [9.17, 15) is 18.0 Å². The number of carbonyl (C=O) groups excluding carboxylic acids is 2. The van der Waals surface area contributed by atoms with Crippen molar-refractivity contribution >= 4 is 21.7 Å². The number of likely N-dealkylation sites (N-methyl/N-ethyl adjacent to an activating group) is 1. The molecular weight excluding hydrogens is 256 g/mol. The topological polar surface area (TPSA) is 83.6 Å². The van der Waals surface area contributed by atoms with Crippen LogP contribution in [0.4, 0.5) is 0 Å². The summed E-state index contributed by atoms with van der Waals surface area (Å²) < 4.78 is 22.6. The lowest BCUT2D eigenvalue weighted by molar-refractivity contribution is -0.137. The van der Waals surface area contributed by atoms with Crippen molar-refractivity contribution in [2.45, 2.75) is 26.3 Å². The molecule has 6 nitrogen and oxygen atoms in total. The van der Waals surface area contributed by atoms with Crippen LogP contribution in [0.5, 0.6) is 0 Å². The van der Waals surface area contributed by atoms with Gasteiger partial charge in [0.05, 0.1) is 24.0 Å². The van der Waals surface area contributed by atoms with Crippen molar-refractivity contribution in [3.8, 4) is 0 Å². The number of hydrogen-bond acceptors (Lipinski definition) is 4. The largest absolute Gasteiger partial charge is 0.352 e. The van der Waals surface area contributed by atoms with Gasteiger partial charge >= 0.3 is 0 Å². The summed E-state index contributed by atoms with van der Waals surface area (Å²) in [5, 5.41) is 2.68. The van der Waals surface area contributed by atoms with Gasteiger partial charge in [0.2, 0.25) is 11.8 Å². The van der Waals surface area contributed by atoms with Crippen molar-refractivity contribution in [2.24, 2.45) is 5.92 Å². The van der Waals surface area contributed by atoms with E-state index in [1.54, 1.807) is 0 Å². The first-order chi connectivity index (χ1) is 8.21. The van der Waals surface area contributed by atoms with Gasteiger partial charge in [-0.3, -0.25) is 9.59 Å². The van der Waals surface area contributed by atoms with Crippen molar-refractivity contribution in [2.75, 3.05) is 25.1 Å². The lowest BCUT2D eigenvalue weighted by Crippen LogP contribution is -2.43. The Hall–Kier alpha value is -1.11. The smallest absolute Gasteiger partial charge is 0.239 e. The minimum atomic E-state index is -3.07. The predicted molar refractivity (Wildman–Crippen MR) is 67.7 cm³/mol. The van der Waals surface area contributed by atoms with Crippen LogP contribution in [0.1, 0.15) is 20.3 Å². The zero-order valence-corrected chi connectivity index (χ0v) is 11.8. The lowest BCUT2D eigenvalue weighted by atomic mass is 10.1. The zero-order valence-electron chi connectivity index (χ0n) is 11.0. The maximum atomic E-state index is 11.9. The molecule has 0 spiro atoms. The first-order valence-corrected chi connectivity index (χ1v) is 7.78. The van der Waals surface area contributed by atoms with Crippen LogP contribution in [0, 0.1) is 5.92 Å². The van der Waals surface area contributed by atoms with E-state index < -0.39 is 15.8 Å². The molecule has 0 aromatic heterocycles. The van der Waals surface area contributed by atoms with Gasteiger partial charge in [-0.15, -0.1) is 0 Å². The second-order valence-corrected chi connectivity index (χ2v) is 7.25. The molecule has 0 aromatic rings. The molecule has 1 N–H and O–H groups in total. The van der Waals surface area contributed by atoms with E-state index in [2.05, 4.69) is 5.32 Å². The predicted octanol–water partition coefficient (Wildman–Crippen LogP) is -0.596. The summed E-state index contributed by atoms with van der Waals surface area (Å²) in [7, 11) is -1.55. The van der Waals surface area contributed by atoms with E-state index >= 15 is 0 Å². The van der Waals surface area contributed by atoms with Crippen LogP contribution in [0.15, 0.2) is 0 Å². The van der Waals surface area contributed by atoms with Crippen LogP contribution in [-0.2, 0) is 19.4 Å². The first-order valence-electron chi connectivity index (χ1n) is 5.96. The highest BCUT2D eigenvalue weighted by molar-refractivity contribution is 7.91. The highest BCUT2D eigenvalue weighted by Gasteiger charge is 2.34. The average molecular weight is 276 g/mol. The minimum absolute atomic E-state index is 0.0212. The van der Waals surface area contributed by atoms with Gasteiger partial charge < -0.3 is 10.2 Å². The van der Waals surface area contributed by atoms with E-state index in [0.29, 0.717) is 6.42 Å². The highest BCUT2D eigenvalue weighted by atomic mass is 32.2. The molecule has 1 aliphatic heterocycles. The molecule has 18 heavy (non-hydrogen) atoms. The molecule has 0 unspecified atom stereocenters. The molecule has 7 heteroatoms. The van der Waals surface area contributed by atoms with Gasteiger partial charge in [0.25, 0.3) is 0 Å². The van der Waals surface area contributed by atoms with Crippen LogP contribution in [0.3, 0.4) is 0 Å². The Balaban J connectivity index is 2.50. The summed E-state index contributed by atoms with van der Waals surface area (Å²) in [6.45, 7) is 3.64. The molecule has 0 saturated carbocycles. The first kappa shape index (κ1) is 14.9. The molecule has 1 fully saturated rings. The molecule has 0 aliphatic carbocycles. The Kier molecular flexibility index (Phi) is 4.72. The van der Waals surface area contributed by atoms with Gasteiger partial charge in [0.1, 0.15) is 0 Å². The number of carbonyl (C=O) groups is 2. The summed E-state index contributed by atoms with van der Waals surface area (Å²) in [6, 6.07) is 0.0212. The lowest BCUT2D eigenvalue weighted by Gasteiger charge is -2.20. The van der Waals surface area contributed by atoms with Crippen molar-refractivity contribution in [1.29, 1.82) is 0 Å². The fourth-order valence-corrected chi connectivity index (χ4v) is 3.69. The molecule has 0 bridgehead atoms. The second kappa shape index (κ2) is 5.69. The van der Waals surface area contributed by atoms with E-state index in [4.69, 9.17) is 0 Å². The maximum absolute atomic E-state index is 11.9. The van der Waals surface area contributed by atoms with Gasteiger partial charge in [-0.2, -0.15) is 0 Å². The Morgan fingerprint density at radius 3 is 2.44 bits per heavy atom. The van der Waals surface area contributed by atoms with Gasteiger partial charge in [-0.1, -0.05) is 0 Å². The number of nitrogens with zero attached hydrogens (tertiary/aromatic N) is 1. The monoisotopic (exact) mass is 276 g/mol. The molecule has 2 amide bonds.